The van der Waals surface area contributed by atoms with E-state index in [4.69, 9.17) is 0 Å². The van der Waals surface area contributed by atoms with Gasteiger partial charge < -0.3 is 0 Å². The van der Waals surface area contributed by atoms with E-state index in [1.807, 2.05) is 0 Å². The van der Waals surface area contributed by atoms with Crippen molar-refractivity contribution in [3.63, 3.8) is 0 Å². The molecule has 90 valence electrons. The lowest BCUT2D eigenvalue weighted by molar-refractivity contribution is 1.16. The van der Waals surface area contributed by atoms with Crippen molar-refractivity contribution in [3.8, 4) is 0 Å². The molecule has 0 aliphatic heterocycles. The standard InChI is InChI=1S/C18H18/c1-4-13-8-9-15-7-6-12(3)16-11-10-14(5-2)17(13)18(15)16/h4,6-11H,5H2,1-3H3/b13-4-. The third-order valence-corrected chi connectivity index (χ3v) is 3.94. The summed E-state index contributed by atoms with van der Waals surface area (Å²) < 4.78 is 0. The maximum absolute atomic E-state index is 2.29. The molecule has 0 heteroatoms. The third-order valence-electron chi connectivity index (χ3n) is 3.94. The quantitative estimate of drug-likeness (QED) is 0.586. The molecule has 0 bridgehead atoms. The first-order chi connectivity index (χ1) is 8.76. The number of benzene rings is 3. The third kappa shape index (κ3) is 1.45. The summed E-state index contributed by atoms with van der Waals surface area (Å²) in [4.78, 5) is 0. The van der Waals surface area contributed by atoms with E-state index in [2.05, 4.69) is 63.2 Å². The lowest BCUT2D eigenvalue weighted by atomic mass is 9.92. The van der Waals surface area contributed by atoms with Crippen LogP contribution in [0.5, 0.6) is 0 Å². The molecule has 3 aromatic rings. The molecule has 0 radical (unpaired) electrons. The van der Waals surface area contributed by atoms with Crippen molar-refractivity contribution >= 4 is 27.6 Å². The van der Waals surface area contributed by atoms with Crippen LogP contribution >= 0.6 is 0 Å². The van der Waals surface area contributed by atoms with Crippen LogP contribution in [0.25, 0.3) is 27.6 Å². The highest BCUT2D eigenvalue weighted by atomic mass is 14.1. The Balaban J connectivity index is 2.70. The molecule has 0 nitrogen and oxygen atoms in total. The minimum absolute atomic E-state index is 1.09. The maximum Gasteiger partial charge on any atom is -0.00275 e. The van der Waals surface area contributed by atoms with Crippen molar-refractivity contribution in [2.24, 2.45) is 0 Å². The molecule has 0 aliphatic rings. The zero-order valence-electron chi connectivity index (χ0n) is 11.2. The van der Waals surface area contributed by atoms with Gasteiger partial charge in [-0.15, -0.1) is 0 Å². The fraction of sp³-hybridized carbons (Fsp3) is 0.222. The normalized spacial score (nSPS) is 12.7. The molecule has 0 saturated heterocycles. The Labute approximate surface area is 108 Å². The summed E-state index contributed by atoms with van der Waals surface area (Å²) in [6.07, 6.45) is 3.31. The first-order valence-corrected chi connectivity index (χ1v) is 6.66. The van der Waals surface area contributed by atoms with E-state index >= 15 is 0 Å². The maximum atomic E-state index is 2.29. The van der Waals surface area contributed by atoms with E-state index in [1.165, 1.54) is 37.9 Å². The van der Waals surface area contributed by atoms with E-state index in [0.717, 1.165) is 6.42 Å². The zero-order valence-corrected chi connectivity index (χ0v) is 11.2. The Kier molecular flexibility index (Phi) is 2.59. The Morgan fingerprint density at radius 3 is 2.44 bits per heavy atom. The van der Waals surface area contributed by atoms with Crippen molar-refractivity contribution in [3.05, 3.63) is 52.7 Å². The van der Waals surface area contributed by atoms with Crippen LogP contribution in [0.4, 0.5) is 0 Å². The second kappa shape index (κ2) is 4.13. The van der Waals surface area contributed by atoms with Crippen LogP contribution in [0.1, 0.15) is 25.0 Å². The molecule has 0 unspecified atom stereocenters. The van der Waals surface area contributed by atoms with E-state index in [9.17, 15) is 0 Å². The van der Waals surface area contributed by atoms with Gasteiger partial charge in [-0.25, -0.2) is 0 Å². The molecular formula is C18H18. The molecular weight excluding hydrogens is 216 g/mol. The van der Waals surface area contributed by atoms with Crippen molar-refractivity contribution < 1.29 is 0 Å². The first-order valence-electron chi connectivity index (χ1n) is 6.66. The van der Waals surface area contributed by atoms with Gasteiger partial charge in [0.05, 0.1) is 0 Å². The molecule has 18 heavy (non-hydrogen) atoms. The van der Waals surface area contributed by atoms with Gasteiger partial charge >= 0.3 is 0 Å². The molecule has 0 aromatic heterocycles. The Morgan fingerprint density at radius 2 is 1.72 bits per heavy atom. The molecule has 0 N–H and O–H groups in total. The lowest BCUT2D eigenvalue weighted by Crippen LogP contribution is -2.04. The predicted octanol–water partition coefficient (Wildman–Crippen LogP) is 4.38. The molecule has 0 spiro atoms. The monoisotopic (exact) mass is 234 g/mol. The molecule has 0 aliphatic carbocycles. The fourth-order valence-corrected chi connectivity index (χ4v) is 2.93. The van der Waals surface area contributed by atoms with Gasteiger partial charge in [0, 0.05) is 0 Å². The van der Waals surface area contributed by atoms with Gasteiger partial charge in [-0.05, 0) is 58.2 Å². The van der Waals surface area contributed by atoms with Crippen LogP contribution in [0.3, 0.4) is 0 Å². The second-order valence-corrected chi connectivity index (χ2v) is 4.92. The minimum Gasteiger partial charge on any atom is -0.0798 e. The van der Waals surface area contributed by atoms with Gasteiger partial charge in [-0.3, -0.25) is 0 Å². The highest BCUT2D eigenvalue weighted by Gasteiger charge is 2.08. The van der Waals surface area contributed by atoms with Crippen LogP contribution < -0.4 is 5.22 Å². The largest absolute Gasteiger partial charge is 0.0798 e. The van der Waals surface area contributed by atoms with E-state index < -0.39 is 0 Å². The second-order valence-electron chi connectivity index (χ2n) is 4.92. The van der Waals surface area contributed by atoms with Crippen molar-refractivity contribution in [2.75, 3.05) is 0 Å². The van der Waals surface area contributed by atoms with Crippen LogP contribution in [-0.2, 0) is 6.42 Å². The molecule has 0 heterocycles. The van der Waals surface area contributed by atoms with E-state index in [0.29, 0.717) is 0 Å². The molecule has 0 atom stereocenters. The Morgan fingerprint density at radius 1 is 0.944 bits per heavy atom. The van der Waals surface area contributed by atoms with Gasteiger partial charge in [-0.1, -0.05) is 49.4 Å². The fourth-order valence-electron chi connectivity index (χ4n) is 2.93. The summed E-state index contributed by atoms with van der Waals surface area (Å²) in [5.74, 6) is 0. The van der Waals surface area contributed by atoms with Gasteiger partial charge in [0.15, 0.2) is 0 Å². The van der Waals surface area contributed by atoms with Gasteiger partial charge in [0.1, 0.15) is 0 Å². The van der Waals surface area contributed by atoms with E-state index in [-0.39, 0.29) is 0 Å². The Hall–Kier alpha value is -1.82. The van der Waals surface area contributed by atoms with Gasteiger partial charge in [-0.2, -0.15) is 0 Å². The molecule has 0 amide bonds. The summed E-state index contributed by atoms with van der Waals surface area (Å²) in [5.41, 5.74) is 2.82. The van der Waals surface area contributed by atoms with Crippen molar-refractivity contribution in [1.82, 2.24) is 0 Å². The zero-order chi connectivity index (χ0) is 12.7. The summed E-state index contributed by atoms with van der Waals surface area (Å²) in [6.45, 7) is 6.56. The summed E-state index contributed by atoms with van der Waals surface area (Å²) in [6, 6.07) is 13.5. The minimum atomic E-state index is 1.09. The smallest absolute Gasteiger partial charge is 0.00275 e. The van der Waals surface area contributed by atoms with Crippen LogP contribution in [0.2, 0.25) is 0 Å². The van der Waals surface area contributed by atoms with Crippen LogP contribution in [0, 0.1) is 6.92 Å². The van der Waals surface area contributed by atoms with Crippen molar-refractivity contribution in [1.29, 1.82) is 0 Å². The van der Waals surface area contributed by atoms with Crippen LogP contribution in [0.15, 0.2) is 36.4 Å². The highest BCUT2D eigenvalue weighted by molar-refractivity contribution is 6.12. The summed E-state index contributed by atoms with van der Waals surface area (Å²) >= 11 is 0. The molecule has 0 saturated carbocycles. The Bertz CT molecular complexity index is 779. The first kappa shape index (κ1) is 11.3. The number of hydrogen-bond donors (Lipinski definition) is 0. The van der Waals surface area contributed by atoms with Gasteiger partial charge in [0.25, 0.3) is 0 Å². The molecule has 0 fully saturated rings. The number of hydrogen-bond acceptors (Lipinski definition) is 0. The SMILES string of the molecule is C/C=c1/ccc2ccc(C)c3ccc(CC)c1c23. The van der Waals surface area contributed by atoms with Crippen LogP contribution in [-0.4, -0.2) is 0 Å². The van der Waals surface area contributed by atoms with Gasteiger partial charge in [0.2, 0.25) is 0 Å². The number of aryl methyl sites for hydroxylation is 2. The average molecular weight is 234 g/mol. The molecule has 3 rings (SSSR count). The highest BCUT2D eigenvalue weighted by Crippen LogP contribution is 2.29. The van der Waals surface area contributed by atoms with E-state index in [1.54, 1.807) is 0 Å². The average Bonchev–Trinajstić information content (AvgIpc) is 2.42. The topological polar surface area (TPSA) is 0 Å². The summed E-state index contributed by atoms with van der Waals surface area (Å²) in [5, 5.41) is 6.98. The van der Waals surface area contributed by atoms with Crippen molar-refractivity contribution in [2.45, 2.75) is 27.2 Å². The number of rotatable bonds is 1. The predicted molar refractivity (Wildman–Crippen MR) is 80.9 cm³/mol. The summed E-state index contributed by atoms with van der Waals surface area (Å²) in [7, 11) is 0. The molecule has 3 aromatic carbocycles. The lowest BCUT2D eigenvalue weighted by Gasteiger charge is -2.12.